The van der Waals surface area contributed by atoms with Crippen LogP contribution in [0.3, 0.4) is 0 Å². The first-order valence-electron chi connectivity index (χ1n) is 5.57. The van der Waals surface area contributed by atoms with Gasteiger partial charge in [0.25, 0.3) is 0 Å². The number of piperazine rings is 1. The van der Waals surface area contributed by atoms with Gasteiger partial charge in [-0.15, -0.1) is 0 Å². The topological polar surface area (TPSA) is 30.3 Å². The second-order valence-corrected chi connectivity index (χ2v) is 4.17. The van der Waals surface area contributed by atoms with Crippen molar-refractivity contribution in [1.29, 1.82) is 5.26 Å². The Bertz CT molecular complexity index is 195. The molecule has 0 amide bonds. The minimum absolute atomic E-state index is 0.463. The van der Waals surface area contributed by atoms with Crippen molar-refractivity contribution in [3.05, 3.63) is 0 Å². The minimum atomic E-state index is 0.463. The summed E-state index contributed by atoms with van der Waals surface area (Å²) in [7, 11) is 2.14. The van der Waals surface area contributed by atoms with Gasteiger partial charge in [0.2, 0.25) is 0 Å². The minimum Gasteiger partial charge on any atom is -0.304 e. The molecule has 0 aromatic rings. The molecule has 1 saturated heterocycles. The van der Waals surface area contributed by atoms with Gasteiger partial charge in [0.1, 0.15) is 0 Å². The number of rotatable bonds is 4. The molecule has 80 valence electrons. The lowest BCUT2D eigenvalue weighted by molar-refractivity contribution is 0.0911. The Labute approximate surface area is 87.3 Å². The zero-order valence-electron chi connectivity index (χ0n) is 9.37. The fraction of sp³-hybridized carbons (Fsp3) is 0.909. The average Bonchev–Trinajstić information content (AvgIpc) is 2.17. The molecule has 1 aliphatic heterocycles. The third-order valence-electron chi connectivity index (χ3n) is 2.93. The molecule has 0 spiro atoms. The third-order valence-corrected chi connectivity index (χ3v) is 2.93. The summed E-state index contributed by atoms with van der Waals surface area (Å²) < 4.78 is 0. The van der Waals surface area contributed by atoms with E-state index in [0.29, 0.717) is 12.5 Å². The van der Waals surface area contributed by atoms with Crippen LogP contribution in [0.15, 0.2) is 0 Å². The van der Waals surface area contributed by atoms with Gasteiger partial charge in [0.15, 0.2) is 0 Å². The van der Waals surface area contributed by atoms with E-state index >= 15 is 0 Å². The molecule has 1 fully saturated rings. The summed E-state index contributed by atoms with van der Waals surface area (Å²) in [5, 5.41) is 8.75. The van der Waals surface area contributed by atoms with Crippen LogP contribution >= 0.6 is 0 Å². The fourth-order valence-electron chi connectivity index (χ4n) is 2.00. The molecule has 1 aliphatic rings. The predicted molar refractivity (Wildman–Crippen MR) is 58.0 cm³/mol. The van der Waals surface area contributed by atoms with Crippen LogP contribution in [0.4, 0.5) is 0 Å². The molecule has 0 saturated carbocycles. The van der Waals surface area contributed by atoms with Gasteiger partial charge in [-0.3, -0.25) is 4.90 Å². The standard InChI is InChI=1S/C11H21N3/c1-3-4-7-14-9-8-13(2)10-11(14)5-6-12/h11H,3-5,7-10H2,1-2H3. The van der Waals surface area contributed by atoms with Gasteiger partial charge in [0, 0.05) is 25.7 Å². The van der Waals surface area contributed by atoms with E-state index in [1.54, 1.807) is 0 Å². The van der Waals surface area contributed by atoms with E-state index in [1.807, 2.05) is 0 Å². The highest BCUT2D eigenvalue weighted by Gasteiger charge is 2.23. The second-order valence-electron chi connectivity index (χ2n) is 4.17. The van der Waals surface area contributed by atoms with Crippen LogP contribution in [0.2, 0.25) is 0 Å². The van der Waals surface area contributed by atoms with Crippen LogP contribution in [0.5, 0.6) is 0 Å². The van der Waals surface area contributed by atoms with Crippen LogP contribution in [-0.4, -0.2) is 49.1 Å². The summed E-state index contributed by atoms with van der Waals surface area (Å²) in [5.74, 6) is 0. The van der Waals surface area contributed by atoms with Crippen molar-refractivity contribution in [2.45, 2.75) is 32.2 Å². The first kappa shape index (κ1) is 11.5. The molecule has 0 radical (unpaired) electrons. The summed E-state index contributed by atoms with van der Waals surface area (Å²) >= 11 is 0. The van der Waals surface area contributed by atoms with Crippen LogP contribution in [-0.2, 0) is 0 Å². The monoisotopic (exact) mass is 195 g/mol. The maximum Gasteiger partial charge on any atom is 0.0638 e. The van der Waals surface area contributed by atoms with Crippen molar-refractivity contribution in [2.24, 2.45) is 0 Å². The first-order chi connectivity index (χ1) is 6.77. The molecule has 1 heterocycles. The van der Waals surface area contributed by atoms with Gasteiger partial charge in [0.05, 0.1) is 12.5 Å². The van der Waals surface area contributed by atoms with Gasteiger partial charge in [-0.1, -0.05) is 13.3 Å². The number of likely N-dealkylation sites (N-methyl/N-ethyl adjacent to an activating group) is 1. The van der Waals surface area contributed by atoms with Crippen molar-refractivity contribution in [1.82, 2.24) is 9.80 Å². The number of nitriles is 1. The van der Waals surface area contributed by atoms with Crippen molar-refractivity contribution in [3.63, 3.8) is 0 Å². The molecule has 3 heteroatoms. The summed E-state index contributed by atoms with van der Waals surface area (Å²) in [6, 6.07) is 2.76. The largest absolute Gasteiger partial charge is 0.304 e. The van der Waals surface area contributed by atoms with E-state index in [4.69, 9.17) is 5.26 Å². The predicted octanol–water partition coefficient (Wildman–Crippen LogP) is 1.32. The SMILES string of the molecule is CCCCN1CCN(C)CC1CC#N. The van der Waals surface area contributed by atoms with Crippen molar-refractivity contribution < 1.29 is 0 Å². The maximum absolute atomic E-state index is 8.75. The van der Waals surface area contributed by atoms with Gasteiger partial charge in [-0.2, -0.15) is 5.26 Å². The molecule has 1 unspecified atom stereocenters. The average molecular weight is 195 g/mol. The molecule has 0 aliphatic carbocycles. The lowest BCUT2D eigenvalue weighted by Crippen LogP contribution is -2.51. The molecule has 0 N–H and O–H groups in total. The number of hydrogen-bond acceptors (Lipinski definition) is 3. The van der Waals surface area contributed by atoms with Gasteiger partial charge in [-0.25, -0.2) is 0 Å². The number of unbranched alkanes of at least 4 members (excludes halogenated alkanes) is 1. The van der Waals surface area contributed by atoms with E-state index in [-0.39, 0.29) is 0 Å². The Kier molecular flexibility index (Phi) is 4.92. The van der Waals surface area contributed by atoms with E-state index < -0.39 is 0 Å². The summed E-state index contributed by atoms with van der Waals surface area (Å²) in [4.78, 5) is 4.80. The van der Waals surface area contributed by atoms with Crippen molar-refractivity contribution in [2.75, 3.05) is 33.2 Å². The maximum atomic E-state index is 8.75. The van der Waals surface area contributed by atoms with Crippen LogP contribution < -0.4 is 0 Å². The zero-order valence-corrected chi connectivity index (χ0v) is 9.37. The van der Waals surface area contributed by atoms with E-state index in [9.17, 15) is 0 Å². The highest BCUT2D eigenvalue weighted by atomic mass is 15.3. The highest BCUT2D eigenvalue weighted by molar-refractivity contribution is 4.87. The fourth-order valence-corrected chi connectivity index (χ4v) is 2.00. The van der Waals surface area contributed by atoms with E-state index in [0.717, 1.165) is 26.2 Å². The van der Waals surface area contributed by atoms with Crippen molar-refractivity contribution >= 4 is 0 Å². The first-order valence-corrected chi connectivity index (χ1v) is 5.57. The molecule has 1 atom stereocenters. The molecule has 3 nitrogen and oxygen atoms in total. The van der Waals surface area contributed by atoms with Gasteiger partial charge in [-0.05, 0) is 20.0 Å². The molecule has 14 heavy (non-hydrogen) atoms. The Morgan fingerprint density at radius 2 is 2.21 bits per heavy atom. The summed E-state index contributed by atoms with van der Waals surface area (Å²) in [5.41, 5.74) is 0. The second kappa shape index (κ2) is 6.00. The number of hydrogen-bond donors (Lipinski definition) is 0. The smallest absolute Gasteiger partial charge is 0.0638 e. The van der Waals surface area contributed by atoms with Crippen molar-refractivity contribution in [3.8, 4) is 6.07 Å². The molecule has 1 rings (SSSR count). The summed E-state index contributed by atoms with van der Waals surface area (Å²) in [6.45, 7) is 6.71. The molecular weight excluding hydrogens is 174 g/mol. The number of nitrogens with zero attached hydrogens (tertiary/aromatic N) is 3. The normalized spacial score (nSPS) is 24.8. The van der Waals surface area contributed by atoms with Gasteiger partial charge < -0.3 is 4.90 Å². The Morgan fingerprint density at radius 3 is 2.86 bits per heavy atom. The molecular formula is C11H21N3. The molecule has 0 aromatic heterocycles. The lowest BCUT2D eigenvalue weighted by atomic mass is 10.1. The Balaban J connectivity index is 2.41. The Hall–Kier alpha value is -0.590. The lowest BCUT2D eigenvalue weighted by Gasteiger charge is -2.39. The van der Waals surface area contributed by atoms with Gasteiger partial charge >= 0.3 is 0 Å². The van der Waals surface area contributed by atoms with Crippen LogP contribution in [0, 0.1) is 11.3 Å². The summed E-state index contributed by atoms with van der Waals surface area (Å²) in [6.07, 6.45) is 3.17. The van der Waals surface area contributed by atoms with E-state index in [2.05, 4.69) is 29.8 Å². The highest BCUT2D eigenvalue weighted by Crippen LogP contribution is 2.12. The van der Waals surface area contributed by atoms with E-state index in [1.165, 1.54) is 12.8 Å². The zero-order chi connectivity index (χ0) is 10.4. The Morgan fingerprint density at radius 1 is 1.43 bits per heavy atom. The molecule has 0 aromatic carbocycles. The quantitative estimate of drug-likeness (QED) is 0.677. The van der Waals surface area contributed by atoms with Crippen LogP contribution in [0.25, 0.3) is 0 Å². The third kappa shape index (κ3) is 3.28. The van der Waals surface area contributed by atoms with Crippen LogP contribution in [0.1, 0.15) is 26.2 Å². The molecule has 0 bridgehead atoms.